The van der Waals surface area contributed by atoms with Crippen molar-refractivity contribution in [3.05, 3.63) is 17.6 Å². The van der Waals surface area contributed by atoms with Gasteiger partial charge in [0.25, 0.3) is 0 Å². The van der Waals surface area contributed by atoms with Crippen LogP contribution in [0.2, 0.25) is 0 Å². The summed E-state index contributed by atoms with van der Waals surface area (Å²) in [6.07, 6.45) is 3.08. The quantitative estimate of drug-likeness (QED) is 0.919. The van der Waals surface area contributed by atoms with Crippen LogP contribution in [0.4, 0.5) is 5.82 Å². The van der Waals surface area contributed by atoms with E-state index in [9.17, 15) is 4.21 Å². The minimum atomic E-state index is -2.66. The number of rotatable bonds is 3. The first-order valence-electron chi connectivity index (χ1n) is 7.27. The highest BCUT2D eigenvalue weighted by Gasteiger charge is 2.53. The van der Waals surface area contributed by atoms with Crippen LogP contribution in [0.25, 0.3) is 0 Å². The summed E-state index contributed by atoms with van der Waals surface area (Å²) < 4.78 is 25.2. The van der Waals surface area contributed by atoms with Gasteiger partial charge in [-0.3, -0.25) is 4.78 Å². The lowest BCUT2D eigenvalue weighted by molar-refractivity contribution is 0.0985. The van der Waals surface area contributed by atoms with E-state index in [-0.39, 0.29) is 6.04 Å². The Balaban J connectivity index is 2.01. The number of aromatic nitrogens is 2. The molecule has 1 aromatic heterocycles. The minimum Gasteiger partial charge on any atom is -0.377 e. The Morgan fingerprint density at radius 3 is 2.76 bits per heavy atom. The Labute approximate surface area is 125 Å². The second-order valence-electron chi connectivity index (χ2n) is 6.11. The van der Waals surface area contributed by atoms with Gasteiger partial charge in [0.2, 0.25) is 0 Å². The molecule has 1 aliphatic heterocycles. The Bertz CT molecular complexity index is 655. The molecular formula is C14H22N4O2S. The summed E-state index contributed by atoms with van der Waals surface area (Å²) >= 11 is 0. The molecule has 2 atom stereocenters. The lowest BCUT2D eigenvalue weighted by Crippen LogP contribution is -2.44. The zero-order chi connectivity index (χ0) is 15.3. The van der Waals surface area contributed by atoms with E-state index in [0.717, 1.165) is 30.9 Å². The van der Waals surface area contributed by atoms with Gasteiger partial charge in [0.15, 0.2) is 0 Å². The monoisotopic (exact) mass is 310 g/mol. The molecule has 0 radical (unpaired) electrons. The van der Waals surface area contributed by atoms with E-state index in [4.69, 9.17) is 9.52 Å². The van der Waals surface area contributed by atoms with Gasteiger partial charge in [-0.1, -0.05) is 0 Å². The molecule has 1 saturated heterocycles. The number of aryl methyl sites for hydroxylation is 1. The standard InChI is InChI=1S/C14H22N4O2S/c1-10-9-20-7-6-18(10)13-8-12(16-11(2)17-13)14(4-5-14)21(3,15)19/h8,10,15H,4-7,9H2,1-3H3/t10-,21-/m1/s1. The molecule has 0 spiro atoms. The summed E-state index contributed by atoms with van der Waals surface area (Å²) in [6.45, 7) is 6.14. The van der Waals surface area contributed by atoms with E-state index in [1.54, 1.807) is 0 Å². The third kappa shape index (κ3) is 2.53. The molecule has 3 rings (SSSR count). The lowest BCUT2D eigenvalue weighted by atomic mass is 10.2. The largest absolute Gasteiger partial charge is 0.377 e. The summed E-state index contributed by atoms with van der Waals surface area (Å²) in [7, 11) is -2.66. The molecule has 2 aliphatic rings. The molecule has 0 unspecified atom stereocenters. The summed E-state index contributed by atoms with van der Waals surface area (Å²) in [5.41, 5.74) is 0.770. The average Bonchev–Trinajstić information content (AvgIpc) is 3.19. The Kier molecular flexibility index (Phi) is 3.44. The second-order valence-corrected chi connectivity index (χ2v) is 8.58. The molecule has 2 heterocycles. The van der Waals surface area contributed by atoms with Gasteiger partial charge in [0.05, 0.1) is 39.4 Å². The van der Waals surface area contributed by atoms with Gasteiger partial charge in [-0.05, 0) is 26.7 Å². The molecule has 2 fully saturated rings. The van der Waals surface area contributed by atoms with Crippen molar-refractivity contribution in [2.24, 2.45) is 0 Å². The fourth-order valence-electron chi connectivity index (χ4n) is 2.96. The molecule has 1 N–H and O–H groups in total. The summed E-state index contributed by atoms with van der Waals surface area (Å²) in [5.74, 6) is 1.54. The van der Waals surface area contributed by atoms with Gasteiger partial charge in [-0.15, -0.1) is 0 Å². The molecule has 116 valence electrons. The summed E-state index contributed by atoms with van der Waals surface area (Å²) in [4.78, 5) is 11.2. The number of hydrogen-bond acceptors (Lipinski definition) is 6. The van der Waals surface area contributed by atoms with Crippen LogP contribution in [0, 0.1) is 11.7 Å². The topological polar surface area (TPSA) is 79.2 Å². The number of anilines is 1. The molecule has 7 heteroatoms. The van der Waals surface area contributed by atoms with E-state index >= 15 is 0 Å². The van der Waals surface area contributed by atoms with Crippen LogP contribution in [0.3, 0.4) is 0 Å². The normalized spacial score (nSPS) is 27.2. The summed E-state index contributed by atoms with van der Waals surface area (Å²) in [5, 5.41) is 0. The van der Waals surface area contributed by atoms with Gasteiger partial charge < -0.3 is 9.64 Å². The highest BCUT2D eigenvalue weighted by molar-refractivity contribution is 7.92. The van der Waals surface area contributed by atoms with Gasteiger partial charge >= 0.3 is 0 Å². The van der Waals surface area contributed by atoms with E-state index in [1.165, 1.54) is 6.26 Å². The van der Waals surface area contributed by atoms with Crippen molar-refractivity contribution in [3.63, 3.8) is 0 Å². The van der Waals surface area contributed by atoms with E-state index in [2.05, 4.69) is 21.8 Å². The van der Waals surface area contributed by atoms with Gasteiger partial charge in [0, 0.05) is 18.9 Å². The molecule has 1 saturated carbocycles. The van der Waals surface area contributed by atoms with Crippen molar-refractivity contribution in [2.75, 3.05) is 30.9 Å². The van der Waals surface area contributed by atoms with Crippen LogP contribution in [-0.2, 0) is 19.2 Å². The van der Waals surface area contributed by atoms with Crippen molar-refractivity contribution in [1.82, 2.24) is 9.97 Å². The van der Waals surface area contributed by atoms with Crippen LogP contribution in [-0.4, -0.2) is 46.2 Å². The zero-order valence-electron chi connectivity index (χ0n) is 12.8. The van der Waals surface area contributed by atoms with E-state index in [0.29, 0.717) is 19.0 Å². The first kappa shape index (κ1) is 14.7. The van der Waals surface area contributed by atoms with Crippen molar-refractivity contribution in [1.29, 1.82) is 4.78 Å². The molecular weight excluding hydrogens is 288 g/mol. The van der Waals surface area contributed by atoms with Crippen LogP contribution < -0.4 is 4.90 Å². The molecule has 6 nitrogen and oxygen atoms in total. The number of morpholine rings is 1. The lowest BCUT2D eigenvalue weighted by Gasteiger charge is -2.34. The van der Waals surface area contributed by atoms with Crippen LogP contribution in [0.15, 0.2) is 6.07 Å². The first-order chi connectivity index (χ1) is 9.83. The fourth-order valence-corrected chi connectivity index (χ4v) is 4.34. The maximum atomic E-state index is 12.3. The van der Waals surface area contributed by atoms with Crippen LogP contribution >= 0.6 is 0 Å². The summed E-state index contributed by atoms with van der Waals surface area (Å²) in [6, 6.07) is 2.19. The maximum Gasteiger partial charge on any atom is 0.132 e. The van der Waals surface area contributed by atoms with Gasteiger partial charge in [-0.2, -0.15) is 0 Å². The third-order valence-corrected chi connectivity index (χ3v) is 6.51. The van der Waals surface area contributed by atoms with Crippen molar-refractivity contribution in [3.8, 4) is 0 Å². The number of ether oxygens (including phenoxy) is 1. The second kappa shape index (κ2) is 4.91. The number of nitrogens with one attached hydrogen (secondary N) is 1. The van der Waals surface area contributed by atoms with E-state index in [1.807, 2.05) is 13.0 Å². The predicted octanol–water partition coefficient (Wildman–Crippen LogP) is 1.68. The maximum absolute atomic E-state index is 12.3. The Morgan fingerprint density at radius 2 is 2.19 bits per heavy atom. The molecule has 1 aliphatic carbocycles. The molecule has 0 aromatic carbocycles. The van der Waals surface area contributed by atoms with Gasteiger partial charge in [0.1, 0.15) is 11.6 Å². The highest BCUT2D eigenvalue weighted by atomic mass is 32.2. The van der Waals surface area contributed by atoms with Crippen molar-refractivity contribution >= 4 is 15.5 Å². The minimum absolute atomic E-state index is 0.262. The number of hydrogen-bond donors (Lipinski definition) is 1. The SMILES string of the molecule is Cc1nc(N2CCOC[C@H]2C)cc(C2([S@](C)(=N)=O)CC2)n1. The van der Waals surface area contributed by atoms with E-state index < -0.39 is 14.5 Å². The first-order valence-corrected chi connectivity index (χ1v) is 9.24. The third-order valence-electron chi connectivity index (χ3n) is 4.40. The molecule has 1 aromatic rings. The average molecular weight is 310 g/mol. The van der Waals surface area contributed by atoms with Crippen molar-refractivity contribution < 1.29 is 8.95 Å². The smallest absolute Gasteiger partial charge is 0.132 e. The Morgan fingerprint density at radius 1 is 1.48 bits per heavy atom. The molecule has 21 heavy (non-hydrogen) atoms. The van der Waals surface area contributed by atoms with Crippen LogP contribution in [0.1, 0.15) is 31.3 Å². The molecule has 0 amide bonds. The highest BCUT2D eigenvalue weighted by Crippen LogP contribution is 2.52. The predicted molar refractivity (Wildman–Crippen MR) is 82.1 cm³/mol. The van der Waals surface area contributed by atoms with Crippen LogP contribution in [0.5, 0.6) is 0 Å². The van der Waals surface area contributed by atoms with Gasteiger partial charge in [-0.25, -0.2) is 14.2 Å². The zero-order valence-corrected chi connectivity index (χ0v) is 13.6. The Hall–Kier alpha value is -1.21. The molecule has 0 bridgehead atoms. The fraction of sp³-hybridized carbons (Fsp3) is 0.714. The number of nitrogens with zero attached hydrogens (tertiary/aromatic N) is 3. The van der Waals surface area contributed by atoms with Crippen molar-refractivity contribution in [2.45, 2.75) is 37.5 Å².